The van der Waals surface area contributed by atoms with Crippen LogP contribution in [-0.2, 0) is 29.1 Å². The molecule has 8 heteroatoms. The summed E-state index contributed by atoms with van der Waals surface area (Å²) in [7, 11) is 4.71. The van der Waals surface area contributed by atoms with E-state index in [2.05, 4.69) is 5.32 Å². The molecule has 0 saturated carbocycles. The molecule has 0 unspecified atom stereocenters. The molecule has 36 heavy (non-hydrogen) atoms. The van der Waals surface area contributed by atoms with Crippen LogP contribution in [0, 0.1) is 0 Å². The average Bonchev–Trinajstić information content (AvgIpc) is 2.91. The van der Waals surface area contributed by atoms with Crippen molar-refractivity contribution in [3.8, 4) is 17.2 Å². The SMILES string of the molecule is COc1ccc(CN(C(=O)Cc2ccc(OC)c(OC)c2)[C@@H](C)C(=O)NCc2ccc(Cl)cc2)cc1. The predicted octanol–water partition coefficient (Wildman–Crippen LogP) is 4.64. The second-order valence-corrected chi connectivity index (χ2v) is 8.69. The van der Waals surface area contributed by atoms with E-state index in [1.165, 1.54) is 0 Å². The maximum absolute atomic E-state index is 13.5. The summed E-state index contributed by atoms with van der Waals surface area (Å²) in [5, 5.41) is 3.55. The van der Waals surface area contributed by atoms with Crippen LogP contribution in [0.25, 0.3) is 0 Å². The number of halogens is 1. The molecule has 190 valence electrons. The van der Waals surface area contributed by atoms with Crippen molar-refractivity contribution in [2.24, 2.45) is 0 Å². The lowest BCUT2D eigenvalue weighted by Gasteiger charge is -2.29. The Balaban J connectivity index is 1.78. The molecule has 0 aliphatic rings. The van der Waals surface area contributed by atoms with Gasteiger partial charge >= 0.3 is 0 Å². The number of hydrogen-bond donors (Lipinski definition) is 1. The summed E-state index contributed by atoms with van der Waals surface area (Å²) in [5.74, 6) is 1.40. The first kappa shape index (κ1) is 26.9. The molecular weight excluding hydrogens is 480 g/mol. The monoisotopic (exact) mass is 510 g/mol. The van der Waals surface area contributed by atoms with Crippen LogP contribution >= 0.6 is 11.6 Å². The third-order valence-corrected chi connectivity index (χ3v) is 6.11. The standard InChI is InChI=1S/C28H31ClN2O5/c1-19(28(33)30-17-20-5-10-23(29)11-6-20)31(18-21-7-12-24(34-2)13-8-21)27(32)16-22-9-14-25(35-3)26(15-22)36-4/h5-15,19H,16-18H2,1-4H3,(H,30,33)/t19-/m0/s1. The van der Waals surface area contributed by atoms with E-state index in [0.29, 0.717) is 23.1 Å². The number of methoxy groups -OCH3 is 3. The van der Waals surface area contributed by atoms with E-state index in [1.807, 2.05) is 42.5 Å². The quantitative estimate of drug-likeness (QED) is 0.406. The molecule has 7 nitrogen and oxygen atoms in total. The lowest BCUT2D eigenvalue weighted by Crippen LogP contribution is -2.48. The number of benzene rings is 3. The van der Waals surface area contributed by atoms with Gasteiger partial charge in [-0.1, -0.05) is 41.9 Å². The molecule has 0 spiro atoms. The highest BCUT2D eigenvalue weighted by atomic mass is 35.5. The van der Waals surface area contributed by atoms with Gasteiger partial charge in [-0.3, -0.25) is 9.59 Å². The number of nitrogens with one attached hydrogen (secondary N) is 1. The van der Waals surface area contributed by atoms with Gasteiger partial charge in [-0.05, 0) is 60.0 Å². The summed E-state index contributed by atoms with van der Waals surface area (Å²) < 4.78 is 15.9. The molecule has 0 aliphatic heterocycles. The molecule has 0 aromatic heterocycles. The highest BCUT2D eigenvalue weighted by Gasteiger charge is 2.26. The summed E-state index contributed by atoms with van der Waals surface area (Å²) in [6.07, 6.45) is 0.102. The van der Waals surface area contributed by atoms with E-state index in [1.54, 1.807) is 57.4 Å². The topological polar surface area (TPSA) is 77.1 Å². The molecule has 3 aromatic rings. The maximum Gasteiger partial charge on any atom is 0.242 e. The van der Waals surface area contributed by atoms with Crippen molar-refractivity contribution in [2.45, 2.75) is 32.5 Å². The number of hydrogen-bond acceptors (Lipinski definition) is 5. The minimum absolute atomic E-state index is 0.102. The third-order valence-electron chi connectivity index (χ3n) is 5.86. The van der Waals surface area contributed by atoms with E-state index >= 15 is 0 Å². The van der Waals surface area contributed by atoms with Crippen molar-refractivity contribution in [2.75, 3.05) is 21.3 Å². The Morgan fingerprint density at radius 2 is 1.44 bits per heavy atom. The van der Waals surface area contributed by atoms with Crippen LogP contribution in [0.4, 0.5) is 0 Å². The zero-order valence-electron chi connectivity index (χ0n) is 20.9. The number of carbonyl (C=O) groups is 2. The van der Waals surface area contributed by atoms with Gasteiger partial charge in [-0.25, -0.2) is 0 Å². The summed E-state index contributed by atoms with van der Waals surface area (Å²) in [6, 6.07) is 19.3. The van der Waals surface area contributed by atoms with E-state index < -0.39 is 6.04 Å². The van der Waals surface area contributed by atoms with Crippen molar-refractivity contribution in [3.05, 3.63) is 88.4 Å². The van der Waals surface area contributed by atoms with Gasteiger partial charge in [0.05, 0.1) is 27.8 Å². The summed E-state index contributed by atoms with van der Waals surface area (Å²) in [5.41, 5.74) is 2.55. The fourth-order valence-electron chi connectivity index (χ4n) is 3.72. The molecule has 0 bridgehead atoms. The van der Waals surface area contributed by atoms with Gasteiger partial charge in [0.1, 0.15) is 11.8 Å². The third kappa shape index (κ3) is 7.15. The van der Waals surface area contributed by atoms with Crippen molar-refractivity contribution < 1.29 is 23.8 Å². The smallest absolute Gasteiger partial charge is 0.242 e. The highest BCUT2D eigenvalue weighted by Crippen LogP contribution is 2.28. The second kappa shape index (κ2) is 12.8. The summed E-state index contributed by atoms with van der Waals surface area (Å²) in [6.45, 7) is 2.33. The number of nitrogens with zero attached hydrogens (tertiary/aromatic N) is 1. The van der Waals surface area contributed by atoms with Gasteiger partial charge in [0, 0.05) is 18.1 Å². The molecule has 3 aromatic carbocycles. The van der Waals surface area contributed by atoms with Crippen molar-refractivity contribution in [1.82, 2.24) is 10.2 Å². The van der Waals surface area contributed by atoms with E-state index in [9.17, 15) is 9.59 Å². The molecule has 3 rings (SSSR count). The zero-order chi connectivity index (χ0) is 26.1. The minimum Gasteiger partial charge on any atom is -0.497 e. The van der Waals surface area contributed by atoms with Crippen LogP contribution in [-0.4, -0.2) is 44.1 Å². The molecule has 0 saturated heterocycles. The number of amides is 2. The molecule has 1 atom stereocenters. The van der Waals surface area contributed by atoms with Crippen LogP contribution in [0.5, 0.6) is 17.2 Å². The van der Waals surface area contributed by atoms with E-state index in [-0.39, 0.29) is 24.8 Å². The van der Waals surface area contributed by atoms with Crippen molar-refractivity contribution in [1.29, 1.82) is 0 Å². The van der Waals surface area contributed by atoms with Crippen molar-refractivity contribution >= 4 is 23.4 Å². The Morgan fingerprint density at radius 3 is 2.06 bits per heavy atom. The molecule has 0 radical (unpaired) electrons. The summed E-state index contributed by atoms with van der Waals surface area (Å²) >= 11 is 5.95. The maximum atomic E-state index is 13.5. The number of rotatable bonds is 11. The van der Waals surface area contributed by atoms with Crippen LogP contribution in [0.3, 0.4) is 0 Å². The normalized spacial score (nSPS) is 11.4. The Kier molecular flexibility index (Phi) is 9.59. The Bertz CT molecular complexity index is 1170. The lowest BCUT2D eigenvalue weighted by molar-refractivity contribution is -0.140. The zero-order valence-corrected chi connectivity index (χ0v) is 21.7. The van der Waals surface area contributed by atoms with Gasteiger partial charge in [0.25, 0.3) is 0 Å². The highest BCUT2D eigenvalue weighted by molar-refractivity contribution is 6.30. The molecule has 2 amide bonds. The van der Waals surface area contributed by atoms with Crippen LogP contribution < -0.4 is 19.5 Å². The Morgan fingerprint density at radius 1 is 0.833 bits per heavy atom. The minimum atomic E-state index is -0.702. The molecular formula is C28H31ClN2O5. The predicted molar refractivity (Wildman–Crippen MR) is 140 cm³/mol. The molecule has 0 fully saturated rings. The first-order valence-corrected chi connectivity index (χ1v) is 11.9. The van der Waals surface area contributed by atoms with E-state index in [0.717, 1.165) is 22.4 Å². The van der Waals surface area contributed by atoms with Gasteiger partial charge in [-0.15, -0.1) is 0 Å². The first-order valence-electron chi connectivity index (χ1n) is 11.5. The Labute approximate surface area is 216 Å². The first-order chi connectivity index (χ1) is 17.3. The fourth-order valence-corrected chi connectivity index (χ4v) is 3.84. The lowest BCUT2D eigenvalue weighted by atomic mass is 10.1. The van der Waals surface area contributed by atoms with Crippen molar-refractivity contribution in [3.63, 3.8) is 0 Å². The largest absolute Gasteiger partial charge is 0.497 e. The van der Waals surface area contributed by atoms with Gasteiger partial charge < -0.3 is 24.4 Å². The molecule has 0 aliphatic carbocycles. The Hall–Kier alpha value is -3.71. The van der Waals surface area contributed by atoms with Crippen LogP contribution in [0.2, 0.25) is 5.02 Å². The van der Waals surface area contributed by atoms with E-state index in [4.69, 9.17) is 25.8 Å². The van der Waals surface area contributed by atoms with Gasteiger partial charge in [0.2, 0.25) is 11.8 Å². The van der Waals surface area contributed by atoms with Crippen LogP contribution in [0.15, 0.2) is 66.7 Å². The van der Waals surface area contributed by atoms with Crippen LogP contribution in [0.1, 0.15) is 23.6 Å². The average molecular weight is 511 g/mol. The number of ether oxygens (including phenoxy) is 3. The summed E-state index contributed by atoms with van der Waals surface area (Å²) in [4.78, 5) is 28.1. The second-order valence-electron chi connectivity index (χ2n) is 8.26. The molecule has 0 heterocycles. The van der Waals surface area contributed by atoms with Gasteiger partial charge in [-0.2, -0.15) is 0 Å². The molecule has 1 N–H and O–H groups in total. The fraction of sp³-hybridized carbons (Fsp3) is 0.286. The van der Waals surface area contributed by atoms with Gasteiger partial charge in [0.15, 0.2) is 11.5 Å². The number of carbonyl (C=O) groups excluding carboxylic acids is 2.